The maximum absolute atomic E-state index is 12.7. The molecule has 1 fully saturated rings. The summed E-state index contributed by atoms with van der Waals surface area (Å²) in [5.41, 5.74) is 4.26. The third-order valence-corrected chi connectivity index (χ3v) is 5.73. The summed E-state index contributed by atoms with van der Waals surface area (Å²) in [7, 11) is 0. The normalized spacial score (nSPS) is 14.3. The smallest absolute Gasteiger partial charge is 0.253 e. The van der Waals surface area contributed by atoms with Gasteiger partial charge in [-0.05, 0) is 55.9 Å². The van der Waals surface area contributed by atoms with Crippen molar-refractivity contribution in [3.05, 3.63) is 59.0 Å². The third kappa shape index (κ3) is 4.57. The molecule has 0 unspecified atom stereocenters. The van der Waals surface area contributed by atoms with Crippen molar-refractivity contribution in [2.75, 3.05) is 13.1 Å². The van der Waals surface area contributed by atoms with Gasteiger partial charge in [-0.3, -0.25) is 9.78 Å². The van der Waals surface area contributed by atoms with Crippen LogP contribution < -0.4 is 0 Å². The van der Waals surface area contributed by atoms with Gasteiger partial charge in [0, 0.05) is 47.9 Å². The first-order valence-electron chi connectivity index (χ1n) is 10.6. The van der Waals surface area contributed by atoms with Gasteiger partial charge in [-0.2, -0.15) is 0 Å². The highest BCUT2D eigenvalue weighted by atomic mass is 35.5. The maximum Gasteiger partial charge on any atom is 0.253 e. The molecule has 0 radical (unpaired) electrons. The van der Waals surface area contributed by atoms with E-state index in [-0.39, 0.29) is 5.91 Å². The second-order valence-electron chi connectivity index (χ2n) is 8.32. The lowest BCUT2D eigenvalue weighted by Gasteiger charge is -2.26. The number of nitrogens with one attached hydrogen (secondary N) is 1. The van der Waals surface area contributed by atoms with Crippen molar-refractivity contribution in [1.82, 2.24) is 19.9 Å². The number of piperidine rings is 1. The SMILES string of the molecule is CC(C)Cc1cc(-c2nc(-c3ccc(C(=O)N4CCCCC4)cc3Cl)c[nH]2)ccn1. The van der Waals surface area contributed by atoms with E-state index in [1.807, 2.05) is 35.5 Å². The molecule has 1 aliphatic heterocycles. The molecular formula is C24H27ClN4O. The van der Waals surface area contributed by atoms with Crippen LogP contribution in [0.3, 0.4) is 0 Å². The second kappa shape index (κ2) is 9.00. The van der Waals surface area contributed by atoms with Crippen LogP contribution in [0.4, 0.5) is 0 Å². The van der Waals surface area contributed by atoms with Crippen LogP contribution in [-0.2, 0) is 6.42 Å². The van der Waals surface area contributed by atoms with Crippen LogP contribution in [0.5, 0.6) is 0 Å². The summed E-state index contributed by atoms with van der Waals surface area (Å²) in [4.78, 5) is 27.1. The molecule has 0 spiro atoms. The number of amides is 1. The zero-order chi connectivity index (χ0) is 21.1. The molecule has 1 amide bonds. The van der Waals surface area contributed by atoms with Crippen molar-refractivity contribution in [3.8, 4) is 22.6 Å². The van der Waals surface area contributed by atoms with Gasteiger partial charge in [-0.25, -0.2) is 4.98 Å². The number of likely N-dealkylation sites (tertiary alicyclic amines) is 1. The number of benzene rings is 1. The highest BCUT2D eigenvalue weighted by Crippen LogP contribution is 2.30. The molecule has 1 aromatic carbocycles. The third-order valence-electron chi connectivity index (χ3n) is 5.42. The number of imidazole rings is 1. The number of hydrogen-bond donors (Lipinski definition) is 1. The number of carbonyl (C=O) groups excluding carboxylic acids is 1. The number of carbonyl (C=O) groups is 1. The molecule has 6 heteroatoms. The summed E-state index contributed by atoms with van der Waals surface area (Å²) in [6.07, 6.45) is 7.94. The molecule has 0 aliphatic carbocycles. The van der Waals surface area contributed by atoms with Gasteiger partial charge in [0.15, 0.2) is 0 Å². The Balaban J connectivity index is 1.55. The van der Waals surface area contributed by atoms with Gasteiger partial charge in [-0.1, -0.05) is 31.5 Å². The Labute approximate surface area is 182 Å². The molecule has 30 heavy (non-hydrogen) atoms. The highest BCUT2D eigenvalue weighted by Gasteiger charge is 2.19. The van der Waals surface area contributed by atoms with Crippen LogP contribution in [0.15, 0.2) is 42.7 Å². The van der Waals surface area contributed by atoms with E-state index in [1.54, 1.807) is 6.07 Å². The summed E-state index contributed by atoms with van der Waals surface area (Å²) in [5.74, 6) is 1.38. The van der Waals surface area contributed by atoms with Crippen LogP contribution >= 0.6 is 11.6 Å². The van der Waals surface area contributed by atoms with Crippen molar-refractivity contribution in [3.63, 3.8) is 0 Å². The van der Waals surface area contributed by atoms with Crippen LogP contribution in [-0.4, -0.2) is 38.8 Å². The predicted octanol–water partition coefficient (Wildman–Crippen LogP) is 5.62. The van der Waals surface area contributed by atoms with Crippen molar-refractivity contribution in [2.45, 2.75) is 39.5 Å². The van der Waals surface area contributed by atoms with Crippen LogP contribution in [0.1, 0.15) is 49.2 Å². The van der Waals surface area contributed by atoms with Gasteiger partial charge in [0.05, 0.1) is 10.7 Å². The molecule has 3 heterocycles. The first kappa shape index (κ1) is 20.6. The van der Waals surface area contributed by atoms with E-state index in [4.69, 9.17) is 16.6 Å². The lowest BCUT2D eigenvalue weighted by molar-refractivity contribution is 0.0724. The Kier molecular flexibility index (Phi) is 6.18. The maximum atomic E-state index is 12.7. The number of halogens is 1. The summed E-state index contributed by atoms with van der Waals surface area (Å²) in [6, 6.07) is 9.52. The first-order valence-corrected chi connectivity index (χ1v) is 11.0. The Hall–Kier alpha value is -2.66. The molecule has 3 aromatic rings. The Morgan fingerprint density at radius 3 is 2.70 bits per heavy atom. The summed E-state index contributed by atoms with van der Waals surface area (Å²) < 4.78 is 0. The van der Waals surface area contributed by atoms with Gasteiger partial charge < -0.3 is 9.88 Å². The van der Waals surface area contributed by atoms with Gasteiger partial charge in [0.1, 0.15) is 5.82 Å². The minimum Gasteiger partial charge on any atom is -0.344 e. The average molecular weight is 423 g/mol. The van der Waals surface area contributed by atoms with E-state index in [9.17, 15) is 4.79 Å². The van der Waals surface area contributed by atoms with Gasteiger partial charge >= 0.3 is 0 Å². The number of aromatic amines is 1. The van der Waals surface area contributed by atoms with Crippen molar-refractivity contribution >= 4 is 17.5 Å². The summed E-state index contributed by atoms with van der Waals surface area (Å²) in [6.45, 7) is 6.01. The second-order valence-corrected chi connectivity index (χ2v) is 8.72. The van der Waals surface area contributed by atoms with E-state index in [2.05, 4.69) is 29.9 Å². The number of pyridine rings is 1. The summed E-state index contributed by atoms with van der Waals surface area (Å²) in [5, 5.41) is 0.533. The van der Waals surface area contributed by atoms with Gasteiger partial charge in [0.2, 0.25) is 0 Å². The molecular weight excluding hydrogens is 396 g/mol. The molecule has 156 valence electrons. The molecule has 5 nitrogen and oxygen atoms in total. The standard InChI is InChI=1S/C24H27ClN4O/c1-16(2)12-19-13-17(8-9-26-19)23-27-15-22(28-23)20-7-6-18(14-21(20)25)24(30)29-10-4-3-5-11-29/h6-9,13-16H,3-5,10-12H2,1-2H3,(H,27,28). The fraction of sp³-hybridized carbons (Fsp3) is 0.375. The molecule has 1 N–H and O–H groups in total. The van der Waals surface area contributed by atoms with E-state index >= 15 is 0 Å². The Morgan fingerprint density at radius 2 is 1.97 bits per heavy atom. The quantitative estimate of drug-likeness (QED) is 0.580. The van der Waals surface area contributed by atoms with E-state index < -0.39 is 0 Å². The lowest BCUT2D eigenvalue weighted by Crippen LogP contribution is -2.35. The predicted molar refractivity (Wildman–Crippen MR) is 121 cm³/mol. The van der Waals surface area contributed by atoms with Gasteiger partial charge in [-0.15, -0.1) is 0 Å². The summed E-state index contributed by atoms with van der Waals surface area (Å²) >= 11 is 6.55. The minimum atomic E-state index is 0.0559. The number of nitrogens with zero attached hydrogens (tertiary/aromatic N) is 3. The van der Waals surface area contributed by atoms with E-state index in [0.717, 1.165) is 60.7 Å². The van der Waals surface area contributed by atoms with Gasteiger partial charge in [0.25, 0.3) is 5.91 Å². The van der Waals surface area contributed by atoms with Crippen molar-refractivity contribution < 1.29 is 4.79 Å². The number of H-pyrrole nitrogens is 1. The number of aromatic nitrogens is 3. The molecule has 1 aliphatic rings. The first-order chi connectivity index (χ1) is 14.5. The van der Waals surface area contributed by atoms with Crippen molar-refractivity contribution in [1.29, 1.82) is 0 Å². The average Bonchev–Trinajstić information content (AvgIpc) is 3.23. The fourth-order valence-electron chi connectivity index (χ4n) is 3.90. The van der Waals surface area contributed by atoms with Crippen LogP contribution in [0, 0.1) is 5.92 Å². The molecule has 0 atom stereocenters. The minimum absolute atomic E-state index is 0.0559. The molecule has 4 rings (SSSR count). The topological polar surface area (TPSA) is 61.9 Å². The molecule has 0 bridgehead atoms. The highest BCUT2D eigenvalue weighted by molar-refractivity contribution is 6.33. The lowest BCUT2D eigenvalue weighted by atomic mass is 10.1. The molecule has 0 saturated carbocycles. The zero-order valence-electron chi connectivity index (χ0n) is 17.5. The van der Waals surface area contributed by atoms with Crippen LogP contribution in [0.2, 0.25) is 5.02 Å². The Bertz CT molecular complexity index is 1040. The van der Waals surface area contributed by atoms with E-state index in [0.29, 0.717) is 16.5 Å². The monoisotopic (exact) mass is 422 g/mol. The van der Waals surface area contributed by atoms with E-state index in [1.165, 1.54) is 6.42 Å². The fourth-order valence-corrected chi connectivity index (χ4v) is 4.18. The van der Waals surface area contributed by atoms with Crippen molar-refractivity contribution in [2.24, 2.45) is 5.92 Å². The molecule has 1 saturated heterocycles. The number of hydrogen-bond acceptors (Lipinski definition) is 3. The Morgan fingerprint density at radius 1 is 1.17 bits per heavy atom. The number of rotatable bonds is 5. The van der Waals surface area contributed by atoms with Crippen LogP contribution in [0.25, 0.3) is 22.6 Å². The zero-order valence-corrected chi connectivity index (χ0v) is 18.2. The largest absolute Gasteiger partial charge is 0.344 e. The molecule has 2 aromatic heterocycles.